The van der Waals surface area contributed by atoms with E-state index in [0.717, 1.165) is 11.3 Å². The van der Waals surface area contributed by atoms with Gasteiger partial charge in [0.2, 0.25) is 11.8 Å². The number of primary amides is 1. The van der Waals surface area contributed by atoms with Gasteiger partial charge >= 0.3 is 0 Å². The standard InChI is InChI=1S/C18H19N3O2/c19-18(23)17(13-7-3-1-4-8-13)20-14-11-16(22)21(12-14)15-9-5-2-6-10-15/h1-10,14,17,20H,11-12H2,(H2,19,23)/t14-,17-/m1/s1. The number of amides is 2. The van der Waals surface area contributed by atoms with Crippen molar-refractivity contribution < 1.29 is 9.59 Å². The molecule has 118 valence electrons. The van der Waals surface area contributed by atoms with E-state index < -0.39 is 11.9 Å². The number of carbonyl (C=O) groups is 2. The first kappa shape index (κ1) is 15.2. The highest BCUT2D eigenvalue weighted by Gasteiger charge is 2.33. The Labute approximate surface area is 135 Å². The first-order chi connectivity index (χ1) is 11.1. The lowest BCUT2D eigenvalue weighted by Gasteiger charge is -2.21. The molecule has 1 heterocycles. The second-order valence-corrected chi connectivity index (χ2v) is 5.65. The zero-order valence-corrected chi connectivity index (χ0v) is 12.7. The van der Waals surface area contributed by atoms with E-state index in [1.165, 1.54) is 0 Å². The molecule has 0 radical (unpaired) electrons. The zero-order valence-electron chi connectivity index (χ0n) is 12.7. The molecule has 0 aliphatic carbocycles. The third-order valence-corrected chi connectivity index (χ3v) is 4.01. The van der Waals surface area contributed by atoms with E-state index >= 15 is 0 Å². The van der Waals surface area contributed by atoms with E-state index in [2.05, 4.69) is 5.32 Å². The summed E-state index contributed by atoms with van der Waals surface area (Å²) in [5.41, 5.74) is 7.21. The number of carbonyl (C=O) groups excluding carboxylic acids is 2. The van der Waals surface area contributed by atoms with Gasteiger partial charge in [-0.15, -0.1) is 0 Å². The molecule has 2 aromatic rings. The van der Waals surface area contributed by atoms with Crippen LogP contribution in [-0.4, -0.2) is 24.4 Å². The molecule has 5 nitrogen and oxygen atoms in total. The maximum atomic E-state index is 12.2. The Morgan fingerprint density at radius 2 is 1.70 bits per heavy atom. The van der Waals surface area contributed by atoms with Crippen molar-refractivity contribution in [2.24, 2.45) is 5.73 Å². The van der Waals surface area contributed by atoms with Gasteiger partial charge in [-0.3, -0.25) is 14.9 Å². The first-order valence-electron chi connectivity index (χ1n) is 7.61. The Morgan fingerprint density at radius 1 is 1.09 bits per heavy atom. The summed E-state index contributed by atoms with van der Waals surface area (Å²) in [5, 5.41) is 3.22. The smallest absolute Gasteiger partial charge is 0.239 e. The monoisotopic (exact) mass is 309 g/mol. The summed E-state index contributed by atoms with van der Waals surface area (Å²) in [6, 6.07) is 18.2. The Bertz CT molecular complexity index is 688. The predicted octanol–water partition coefficient (Wildman–Crippen LogP) is 1.61. The van der Waals surface area contributed by atoms with E-state index in [1.807, 2.05) is 60.7 Å². The van der Waals surface area contributed by atoms with Crippen LogP contribution in [0.25, 0.3) is 0 Å². The molecule has 2 aromatic carbocycles. The lowest BCUT2D eigenvalue weighted by molar-refractivity contribution is -0.121. The van der Waals surface area contributed by atoms with Crippen LogP contribution in [0.2, 0.25) is 0 Å². The number of nitrogens with one attached hydrogen (secondary N) is 1. The highest BCUT2D eigenvalue weighted by atomic mass is 16.2. The van der Waals surface area contributed by atoms with Gasteiger partial charge in [0.1, 0.15) is 6.04 Å². The van der Waals surface area contributed by atoms with Gasteiger partial charge in [0.15, 0.2) is 0 Å². The molecule has 0 spiro atoms. The summed E-state index contributed by atoms with van der Waals surface area (Å²) >= 11 is 0. The van der Waals surface area contributed by atoms with E-state index in [9.17, 15) is 9.59 Å². The van der Waals surface area contributed by atoms with Crippen molar-refractivity contribution in [1.29, 1.82) is 0 Å². The SMILES string of the molecule is NC(=O)[C@H](N[C@@H]1CC(=O)N(c2ccccc2)C1)c1ccccc1. The largest absolute Gasteiger partial charge is 0.368 e. The molecule has 3 N–H and O–H groups in total. The third kappa shape index (κ3) is 3.40. The van der Waals surface area contributed by atoms with Crippen molar-refractivity contribution in [2.75, 3.05) is 11.4 Å². The third-order valence-electron chi connectivity index (χ3n) is 4.01. The second kappa shape index (κ2) is 6.62. The lowest BCUT2D eigenvalue weighted by Crippen LogP contribution is -2.41. The fourth-order valence-electron chi connectivity index (χ4n) is 2.90. The number of hydrogen-bond donors (Lipinski definition) is 2. The van der Waals surface area contributed by atoms with E-state index in [4.69, 9.17) is 5.73 Å². The van der Waals surface area contributed by atoms with Gasteiger partial charge in [-0.2, -0.15) is 0 Å². The summed E-state index contributed by atoms with van der Waals surface area (Å²) in [4.78, 5) is 25.8. The molecule has 0 saturated carbocycles. The summed E-state index contributed by atoms with van der Waals surface area (Å²) in [6.07, 6.45) is 0.353. The topological polar surface area (TPSA) is 75.4 Å². The van der Waals surface area contributed by atoms with Crippen molar-refractivity contribution in [3.63, 3.8) is 0 Å². The van der Waals surface area contributed by atoms with Crippen LogP contribution in [0.4, 0.5) is 5.69 Å². The number of nitrogens with zero attached hydrogens (tertiary/aromatic N) is 1. The molecular weight excluding hydrogens is 290 g/mol. The molecule has 23 heavy (non-hydrogen) atoms. The maximum Gasteiger partial charge on any atom is 0.239 e. The van der Waals surface area contributed by atoms with Gasteiger partial charge in [-0.1, -0.05) is 48.5 Å². The summed E-state index contributed by atoms with van der Waals surface area (Å²) in [6.45, 7) is 0.527. The second-order valence-electron chi connectivity index (χ2n) is 5.65. The summed E-state index contributed by atoms with van der Waals surface area (Å²) in [5.74, 6) is -0.396. The number of anilines is 1. The van der Waals surface area contributed by atoms with Gasteiger partial charge in [0.25, 0.3) is 0 Å². The highest BCUT2D eigenvalue weighted by Crippen LogP contribution is 2.23. The van der Waals surface area contributed by atoms with E-state index in [-0.39, 0.29) is 11.9 Å². The average molecular weight is 309 g/mol. The minimum absolute atomic E-state index is 0.0463. The fourth-order valence-corrected chi connectivity index (χ4v) is 2.90. The number of benzene rings is 2. The number of nitrogens with two attached hydrogens (primary N) is 1. The van der Waals surface area contributed by atoms with Crippen LogP contribution in [0.5, 0.6) is 0 Å². The molecule has 1 aliphatic heterocycles. The molecule has 0 aromatic heterocycles. The van der Waals surface area contributed by atoms with Crippen LogP contribution in [0.3, 0.4) is 0 Å². The van der Waals surface area contributed by atoms with Gasteiger partial charge in [-0.05, 0) is 17.7 Å². The Balaban J connectivity index is 1.73. The lowest BCUT2D eigenvalue weighted by atomic mass is 10.1. The van der Waals surface area contributed by atoms with Crippen LogP contribution >= 0.6 is 0 Å². The molecule has 1 saturated heterocycles. The molecule has 2 atom stereocenters. The number of hydrogen-bond acceptors (Lipinski definition) is 3. The van der Waals surface area contributed by atoms with Crippen molar-refractivity contribution in [2.45, 2.75) is 18.5 Å². The number of para-hydroxylation sites is 1. The van der Waals surface area contributed by atoms with Crippen LogP contribution in [0.15, 0.2) is 60.7 Å². The van der Waals surface area contributed by atoms with Gasteiger partial charge < -0.3 is 10.6 Å². The van der Waals surface area contributed by atoms with Crippen LogP contribution in [0.1, 0.15) is 18.0 Å². The van der Waals surface area contributed by atoms with Gasteiger partial charge in [0, 0.05) is 24.7 Å². The minimum atomic E-state index is -0.593. The first-order valence-corrected chi connectivity index (χ1v) is 7.61. The Hall–Kier alpha value is -2.66. The quantitative estimate of drug-likeness (QED) is 0.881. The summed E-state index contributed by atoms with van der Waals surface area (Å²) < 4.78 is 0. The van der Waals surface area contributed by atoms with Crippen molar-refractivity contribution >= 4 is 17.5 Å². The van der Waals surface area contributed by atoms with Crippen LogP contribution in [-0.2, 0) is 9.59 Å². The molecule has 0 bridgehead atoms. The molecule has 2 amide bonds. The molecule has 0 unspecified atom stereocenters. The highest BCUT2D eigenvalue weighted by molar-refractivity contribution is 5.96. The molecule has 3 rings (SSSR count). The summed E-state index contributed by atoms with van der Waals surface area (Å²) in [7, 11) is 0. The molecular formula is C18H19N3O2. The molecule has 5 heteroatoms. The fraction of sp³-hybridized carbons (Fsp3) is 0.222. The van der Waals surface area contributed by atoms with Gasteiger partial charge in [0.05, 0.1) is 0 Å². The van der Waals surface area contributed by atoms with Crippen LogP contribution in [0, 0.1) is 0 Å². The predicted molar refractivity (Wildman–Crippen MR) is 88.7 cm³/mol. The van der Waals surface area contributed by atoms with Crippen molar-refractivity contribution in [3.8, 4) is 0 Å². The van der Waals surface area contributed by atoms with E-state index in [1.54, 1.807) is 4.90 Å². The normalized spacial score (nSPS) is 18.9. The van der Waals surface area contributed by atoms with Crippen molar-refractivity contribution in [3.05, 3.63) is 66.2 Å². The average Bonchev–Trinajstić information content (AvgIpc) is 2.94. The van der Waals surface area contributed by atoms with E-state index in [0.29, 0.717) is 13.0 Å². The zero-order chi connectivity index (χ0) is 16.2. The Kier molecular flexibility index (Phi) is 4.39. The number of rotatable bonds is 5. The maximum absolute atomic E-state index is 12.2. The van der Waals surface area contributed by atoms with Gasteiger partial charge in [-0.25, -0.2) is 0 Å². The van der Waals surface area contributed by atoms with Crippen molar-refractivity contribution in [1.82, 2.24) is 5.32 Å². The molecule has 1 fully saturated rings. The van der Waals surface area contributed by atoms with Crippen LogP contribution < -0.4 is 16.0 Å². The minimum Gasteiger partial charge on any atom is -0.368 e. The molecule has 1 aliphatic rings. The Morgan fingerprint density at radius 3 is 2.30 bits per heavy atom.